The van der Waals surface area contributed by atoms with Crippen molar-refractivity contribution < 1.29 is 71.7 Å². The van der Waals surface area contributed by atoms with E-state index in [-0.39, 0.29) is 72.2 Å². The second-order valence-corrected chi connectivity index (χ2v) is 36.2. The Labute approximate surface area is 840 Å². The molecule has 7 aromatic carbocycles. The van der Waals surface area contributed by atoms with E-state index in [1.165, 1.54) is 47.2 Å². The molecule has 39 heteroatoms. The van der Waals surface area contributed by atoms with Crippen LogP contribution in [0.1, 0.15) is 127 Å². The molecule has 15 amide bonds. The smallest absolute Gasteiger partial charge is 0.324 e. The summed E-state index contributed by atoms with van der Waals surface area (Å²) < 4.78 is 22.5. The van der Waals surface area contributed by atoms with Crippen molar-refractivity contribution in [2.45, 2.75) is 97.8 Å². The third kappa shape index (κ3) is 31.7. The zero-order chi connectivity index (χ0) is 104. The molecule has 13 aromatic rings. The number of nitrogens with zero attached hydrogens (tertiary/aromatic N) is 12. The molecule has 145 heavy (non-hydrogen) atoms. The summed E-state index contributed by atoms with van der Waals surface area (Å²) in [7, 11) is 8.75. The number of anilines is 6. The molecule has 39 nitrogen and oxygen atoms in total. The highest BCUT2D eigenvalue weighted by Crippen LogP contribution is 2.35. The number of fused-ring (bicyclic) bond motifs is 1. The number of hydrogen-bond donors (Lipinski definition) is 12. The largest absolute Gasteiger partial charge is 0.493 e. The van der Waals surface area contributed by atoms with Crippen molar-refractivity contribution in [3.63, 3.8) is 0 Å². The number of benzene rings is 7. The number of urea groups is 3. The van der Waals surface area contributed by atoms with E-state index in [0.717, 1.165) is 67.2 Å². The first-order valence-corrected chi connectivity index (χ1v) is 46.6. The standard InChI is InChI=1S/C38H42N8O5.2C34H40N8O5/c1-38(2,3)32-21-33(46(44-32)27-14-12-26(13-15-27)36(49)45(23-34(47)39-4)24-35(48)40-5)43-37(50)42-30-16-17-31(29-11-7-6-10-28(29)30)51-20-18-25-9-8-19-41-22-25;1-34(2,3)28-20-29(39-33(46)38-25-8-12-27(13-9-25)47-19-16-23-14-17-37-18-15-23)42(40-28)26-10-6-24(7-11-26)32(45)41(21-30(43)35-4)22-31(44)36-5;1-34(2,3)28-19-29(39-33(46)38-25-10-14-27(15-11-25)47-18-16-23-7-6-17-37-20-23)42(40-28)26-12-8-24(9-13-26)32(45)41(21-30(43)35-4)22-31(44)36-5/h6-17,19,21-22H,18,20,23-24H2,1-5H3,(H,39,47)(H,40,48)(H2,42,43,50);6-15,17-18,20H,16,19,21-22H2,1-5H3,(H,35,43)(H,36,44)(H2,38,39,46);6-15,17,19-20H,16,18,21-22H2,1-5H3,(H,35,43)(H,36,44)(H2,38,39,46). The number of carbonyl (C=O) groups is 12. The average Bonchev–Trinajstić information content (AvgIpc) is 1.57. The maximum atomic E-state index is 13.5. The van der Waals surface area contributed by atoms with Crippen molar-refractivity contribution in [1.29, 1.82) is 0 Å². The zero-order valence-electron chi connectivity index (χ0n) is 83.6. The minimum Gasteiger partial charge on any atom is -0.493 e. The highest BCUT2D eigenvalue weighted by molar-refractivity contribution is 6.08. The third-order valence-corrected chi connectivity index (χ3v) is 22.3. The van der Waals surface area contributed by atoms with Gasteiger partial charge in [-0.1, -0.05) is 98.7 Å². The molecule has 6 aromatic heterocycles. The molecule has 0 aliphatic carbocycles. The maximum absolute atomic E-state index is 13.5. The van der Waals surface area contributed by atoms with Gasteiger partial charge in [-0.05, 0) is 174 Å². The summed E-state index contributed by atoms with van der Waals surface area (Å²) in [6, 6.07) is 60.8. The van der Waals surface area contributed by atoms with Crippen molar-refractivity contribution in [2.75, 3.05) is 133 Å². The lowest BCUT2D eigenvalue weighted by Crippen LogP contribution is -2.44. The Balaban J connectivity index is 0.000000207. The number of carbonyl (C=O) groups excluding carboxylic acids is 12. The Morgan fingerprint density at radius 3 is 0.924 bits per heavy atom. The lowest BCUT2D eigenvalue weighted by molar-refractivity contribution is -0.125. The minimum atomic E-state index is -0.487. The topological polar surface area (TPSA) is 479 Å². The fourth-order valence-electron chi connectivity index (χ4n) is 14.1. The molecule has 0 aliphatic rings. The second kappa shape index (κ2) is 51.0. The van der Waals surface area contributed by atoms with Crippen molar-refractivity contribution in [3.8, 4) is 34.3 Å². The van der Waals surface area contributed by atoms with Gasteiger partial charge in [-0.25, -0.2) is 28.4 Å². The van der Waals surface area contributed by atoms with E-state index in [4.69, 9.17) is 29.5 Å². The van der Waals surface area contributed by atoms with E-state index < -0.39 is 71.3 Å². The Morgan fingerprint density at radius 1 is 0.303 bits per heavy atom. The van der Waals surface area contributed by atoms with Crippen LogP contribution in [-0.2, 0) is 64.3 Å². The molecule has 12 N–H and O–H groups in total. The van der Waals surface area contributed by atoms with Crippen LogP contribution in [0.25, 0.3) is 27.8 Å². The third-order valence-electron chi connectivity index (χ3n) is 22.3. The first-order valence-electron chi connectivity index (χ1n) is 46.6. The number of hydrogen-bond acceptors (Lipinski definition) is 21. The van der Waals surface area contributed by atoms with Crippen LogP contribution in [0.3, 0.4) is 0 Å². The molecule has 0 bridgehead atoms. The summed E-state index contributed by atoms with van der Waals surface area (Å²) in [5, 5.41) is 48.1. The van der Waals surface area contributed by atoms with E-state index >= 15 is 0 Å². The molecule has 0 unspecified atom stereocenters. The van der Waals surface area contributed by atoms with E-state index in [2.05, 4.69) is 78.8 Å². The first-order chi connectivity index (χ1) is 69.4. The summed E-state index contributed by atoms with van der Waals surface area (Å²) in [6.45, 7) is 18.0. The number of nitrogens with one attached hydrogen (secondary N) is 12. The van der Waals surface area contributed by atoms with Gasteiger partial charge in [-0.15, -0.1) is 0 Å². The van der Waals surface area contributed by atoms with E-state index in [9.17, 15) is 57.5 Å². The van der Waals surface area contributed by atoms with E-state index in [1.807, 2.05) is 154 Å². The van der Waals surface area contributed by atoms with Crippen LogP contribution >= 0.6 is 0 Å². The van der Waals surface area contributed by atoms with Crippen LogP contribution in [-0.4, -0.2) is 232 Å². The van der Waals surface area contributed by atoms with Gasteiger partial charge in [0, 0.05) is 172 Å². The Bertz CT molecular complexity index is 6340. The molecule has 0 saturated carbocycles. The molecule has 0 atom stereocenters. The van der Waals surface area contributed by atoms with Gasteiger partial charge in [0.05, 0.1) is 59.7 Å². The average molecular weight is 1970 g/mol. The van der Waals surface area contributed by atoms with Crippen molar-refractivity contribution in [1.82, 2.24) is 90.9 Å². The molecule has 0 fully saturated rings. The van der Waals surface area contributed by atoms with Crippen LogP contribution in [0.5, 0.6) is 17.2 Å². The SMILES string of the molecule is CNC(=O)CN(CC(=O)NC)C(=O)c1ccc(-n2nc(C(C)(C)C)cc2NC(=O)Nc2ccc(OCCc3cccnc3)c3ccccc23)cc1.CNC(=O)CN(CC(=O)NC)C(=O)c1ccc(-n2nc(C(C)(C)C)cc2NC(=O)Nc2ccc(OCCc3cccnc3)cc2)cc1.CNC(=O)CN(CC(=O)NC)C(=O)c1ccc(-n2nc(C(C)(C)C)cc2NC(=O)Nc2ccc(OCCc3ccncc3)cc2)cc1. The van der Waals surface area contributed by atoms with Crippen LogP contribution in [0.15, 0.2) is 250 Å². The van der Waals surface area contributed by atoms with Gasteiger partial charge in [-0.3, -0.25) is 74.1 Å². The highest BCUT2D eigenvalue weighted by Gasteiger charge is 2.30. The van der Waals surface area contributed by atoms with Gasteiger partial charge >= 0.3 is 18.1 Å². The predicted molar refractivity (Wildman–Crippen MR) is 554 cm³/mol. The number of rotatable bonds is 36. The fraction of sp³-hybridized carbons (Fsp3) is 0.283. The lowest BCUT2D eigenvalue weighted by Gasteiger charge is -2.21. The molecule has 0 spiro atoms. The Kier molecular flexibility index (Phi) is 37.9. The number of amides is 15. The Morgan fingerprint density at radius 2 is 0.614 bits per heavy atom. The van der Waals surface area contributed by atoms with Crippen molar-refractivity contribution in [2.24, 2.45) is 0 Å². The number of ether oxygens (including phenoxy) is 3. The quantitative estimate of drug-likeness (QED) is 0.0173. The van der Waals surface area contributed by atoms with E-state index in [0.29, 0.717) is 95.1 Å². The molecule has 13 rings (SSSR count). The van der Waals surface area contributed by atoms with Crippen LogP contribution in [0.4, 0.5) is 48.9 Å². The van der Waals surface area contributed by atoms with Gasteiger partial charge in [0.25, 0.3) is 17.7 Å². The van der Waals surface area contributed by atoms with Gasteiger partial charge in [-0.2, -0.15) is 15.3 Å². The van der Waals surface area contributed by atoms with Gasteiger partial charge in [0.15, 0.2) is 0 Å². The summed E-state index contributed by atoms with van der Waals surface area (Å²) in [4.78, 5) is 167. The minimum absolute atomic E-state index is 0.274. The number of aromatic nitrogens is 9. The lowest BCUT2D eigenvalue weighted by atomic mass is 9.92. The van der Waals surface area contributed by atoms with Crippen molar-refractivity contribution >= 4 is 117 Å². The first kappa shape index (κ1) is 108. The molecular weight excluding hydrogens is 1850 g/mol. The molecular formula is C106H122N24O15. The summed E-state index contributed by atoms with van der Waals surface area (Å²) in [5.41, 5.74) is 8.89. The monoisotopic (exact) mass is 1970 g/mol. The molecule has 0 radical (unpaired) electrons. The Hall–Kier alpha value is -17.7. The molecule has 756 valence electrons. The number of pyridine rings is 3. The maximum Gasteiger partial charge on any atom is 0.324 e. The van der Waals surface area contributed by atoms with E-state index in [1.54, 1.807) is 172 Å². The summed E-state index contributed by atoms with van der Waals surface area (Å²) >= 11 is 0. The second-order valence-electron chi connectivity index (χ2n) is 36.2. The molecule has 0 aliphatic heterocycles. The van der Waals surface area contributed by atoms with Gasteiger partial charge in [0.1, 0.15) is 74.0 Å². The fourth-order valence-corrected chi connectivity index (χ4v) is 14.1. The summed E-state index contributed by atoms with van der Waals surface area (Å²) in [6.07, 6.45) is 12.8. The van der Waals surface area contributed by atoms with Crippen molar-refractivity contribution in [3.05, 3.63) is 300 Å². The summed E-state index contributed by atoms with van der Waals surface area (Å²) in [5.74, 6) is -0.546. The van der Waals surface area contributed by atoms with Gasteiger partial charge in [0.2, 0.25) is 35.4 Å². The van der Waals surface area contributed by atoms with Crippen LogP contribution < -0.4 is 78.0 Å². The van der Waals surface area contributed by atoms with Crippen LogP contribution in [0.2, 0.25) is 0 Å². The molecule has 6 heterocycles. The van der Waals surface area contributed by atoms with Crippen LogP contribution in [0, 0.1) is 0 Å². The molecule has 0 saturated heterocycles. The normalized spacial score (nSPS) is 11.0. The predicted octanol–water partition coefficient (Wildman–Crippen LogP) is 12.4. The van der Waals surface area contributed by atoms with Gasteiger partial charge < -0.3 is 76.8 Å². The zero-order valence-corrected chi connectivity index (χ0v) is 83.6. The number of likely N-dealkylation sites (N-methyl/N-ethyl adjacent to an activating group) is 6. The highest BCUT2D eigenvalue weighted by atomic mass is 16.5.